The van der Waals surface area contributed by atoms with Crippen molar-refractivity contribution < 1.29 is 0 Å². The minimum Gasteiger partial charge on any atom is -0.370 e. The maximum Gasteiger partial charge on any atom is 0.0568 e. The summed E-state index contributed by atoms with van der Waals surface area (Å²) in [5, 5.41) is 4.13. The summed E-state index contributed by atoms with van der Waals surface area (Å²) in [6.07, 6.45) is 2.50. The number of anilines is 1. The van der Waals surface area contributed by atoms with Gasteiger partial charge in [-0.3, -0.25) is 0 Å². The Morgan fingerprint density at radius 3 is 3.00 bits per heavy atom. The lowest BCUT2D eigenvalue weighted by Crippen LogP contribution is -2.44. The molecular weight excluding hydrogens is 288 g/mol. The van der Waals surface area contributed by atoms with Crippen molar-refractivity contribution in [2.45, 2.75) is 18.9 Å². The van der Waals surface area contributed by atoms with Crippen molar-refractivity contribution in [1.29, 1.82) is 0 Å². The Hall–Kier alpha value is -0.250. The van der Waals surface area contributed by atoms with Gasteiger partial charge in [0.2, 0.25) is 0 Å². The third-order valence-electron chi connectivity index (χ3n) is 3.10. The van der Waals surface area contributed by atoms with E-state index in [1.165, 1.54) is 18.5 Å². The van der Waals surface area contributed by atoms with Gasteiger partial charge < -0.3 is 10.2 Å². The summed E-state index contributed by atoms with van der Waals surface area (Å²) < 4.78 is 0.958. The number of hydrogen-bond acceptors (Lipinski definition) is 2. The van der Waals surface area contributed by atoms with Crippen LogP contribution < -0.4 is 10.2 Å². The highest BCUT2D eigenvalue weighted by Gasteiger charge is 2.18. The van der Waals surface area contributed by atoms with Gasteiger partial charge in [-0.25, -0.2) is 0 Å². The molecule has 1 N–H and O–H groups in total. The molecule has 1 atom stereocenters. The molecule has 0 bridgehead atoms. The van der Waals surface area contributed by atoms with Crippen molar-refractivity contribution in [2.75, 3.05) is 25.0 Å². The Kier molecular flexibility index (Phi) is 4.11. The number of rotatable bonds is 2. The summed E-state index contributed by atoms with van der Waals surface area (Å²) in [6, 6.07) is 6.76. The van der Waals surface area contributed by atoms with E-state index in [4.69, 9.17) is 11.6 Å². The van der Waals surface area contributed by atoms with E-state index in [1.807, 2.05) is 19.2 Å². The summed E-state index contributed by atoms with van der Waals surface area (Å²) in [5.41, 5.74) is 1.22. The molecule has 0 saturated carbocycles. The van der Waals surface area contributed by atoms with Crippen molar-refractivity contribution in [3.8, 4) is 0 Å². The van der Waals surface area contributed by atoms with E-state index in [2.05, 4.69) is 32.2 Å². The predicted octanol–water partition coefficient (Wildman–Crippen LogP) is 3.29. The van der Waals surface area contributed by atoms with Crippen LogP contribution in [0.15, 0.2) is 22.7 Å². The number of piperidine rings is 1. The monoisotopic (exact) mass is 302 g/mol. The average molecular weight is 304 g/mol. The molecule has 0 radical (unpaired) electrons. The first-order chi connectivity index (χ1) is 7.70. The first kappa shape index (κ1) is 12.2. The van der Waals surface area contributed by atoms with Crippen LogP contribution >= 0.6 is 27.5 Å². The predicted molar refractivity (Wildman–Crippen MR) is 73.4 cm³/mol. The average Bonchev–Trinajstić information content (AvgIpc) is 2.33. The summed E-state index contributed by atoms with van der Waals surface area (Å²) >= 11 is 9.53. The van der Waals surface area contributed by atoms with Gasteiger partial charge in [0.15, 0.2) is 0 Å². The third-order valence-corrected chi connectivity index (χ3v) is 4.33. The van der Waals surface area contributed by atoms with Gasteiger partial charge >= 0.3 is 0 Å². The molecule has 1 aromatic carbocycles. The molecule has 0 aromatic heterocycles. The second kappa shape index (κ2) is 5.39. The van der Waals surface area contributed by atoms with Crippen molar-refractivity contribution in [3.05, 3.63) is 27.7 Å². The number of nitrogens with zero attached hydrogens (tertiary/aromatic N) is 1. The van der Waals surface area contributed by atoms with Crippen molar-refractivity contribution in [2.24, 2.45) is 0 Å². The van der Waals surface area contributed by atoms with Gasteiger partial charge in [-0.1, -0.05) is 11.6 Å². The van der Waals surface area contributed by atoms with Crippen LogP contribution in [0.2, 0.25) is 5.02 Å². The van der Waals surface area contributed by atoms with Crippen LogP contribution in [0, 0.1) is 0 Å². The zero-order valence-corrected chi connectivity index (χ0v) is 11.7. The Morgan fingerprint density at radius 2 is 2.31 bits per heavy atom. The van der Waals surface area contributed by atoms with Crippen LogP contribution in [0.1, 0.15) is 12.8 Å². The largest absolute Gasteiger partial charge is 0.370 e. The fraction of sp³-hybridized carbons (Fsp3) is 0.500. The lowest BCUT2D eigenvalue weighted by molar-refractivity contribution is 0.449. The van der Waals surface area contributed by atoms with Gasteiger partial charge in [0.05, 0.1) is 5.02 Å². The fourth-order valence-electron chi connectivity index (χ4n) is 2.13. The molecule has 88 valence electrons. The van der Waals surface area contributed by atoms with E-state index < -0.39 is 0 Å². The second-order valence-electron chi connectivity index (χ2n) is 4.17. The van der Waals surface area contributed by atoms with E-state index >= 15 is 0 Å². The van der Waals surface area contributed by atoms with Crippen LogP contribution in [-0.2, 0) is 0 Å². The Bertz CT molecular complexity index is 370. The lowest BCUT2D eigenvalue weighted by Gasteiger charge is -2.34. The molecule has 1 fully saturated rings. The maximum atomic E-state index is 6.11. The topological polar surface area (TPSA) is 15.3 Å². The molecule has 2 nitrogen and oxygen atoms in total. The highest BCUT2D eigenvalue weighted by molar-refractivity contribution is 9.10. The molecule has 1 aliphatic rings. The van der Waals surface area contributed by atoms with Crippen molar-refractivity contribution in [1.82, 2.24) is 5.32 Å². The Labute approximate surface area is 110 Å². The quantitative estimate of drug-likeness (QED) is 0.902. The molecule has 1 saturated heterocycles. The highest BCUT2D eigenvalue weighted by atomic mass is 79.9. The van der Waals surface area contributed by atoms with Crippen LogP contribution in [-0.4, -0.2) is 26.2 Å². The lowest BCUT2D eigenvalue weighted by atomic mass is 10.1. The molecule has 1 unspecified atom stereocenters. The smallest absolute Gasteiger partial charge is 0.0568 e. The van der Waals surface area contributed by atoms with E-state index in [1.54, 1.807) is 0 Å². The van der Waals surface area contributed by atoms with Crippen LogP contribution in [0.5, 0.6) is 0 Å². The van der Waals surface area contributed by atoms with Crippen molar-refractivity contribution >= 4 is 33.2 Å². The molecule has 4 heteroatoms. The van der Waals surface area contributed by atoms with Crippen molar-refractivity contribution in [3.63, 3.8) is 0 Å². The van der Waals surface area contributed by atoms with Crippen LogP contribution in [0.25, 0.3) is 0 Å². The fourth-order valence-corrected chi connectivity index (χ4v) is 2.55. The zero-order valence-electron chi connectivity index (χ0n) is 9.34. The number of likely N-dealkylation sites (N-methyl/N-ethyl adjacent to an activating group) is 1. The van der Waals surface area contributed by atoms with E-state index in [0.29, 0.717) is 6.04 Å². The minimum absolute atomic E-state index is 0.594. The Balaban J connectivity index is 2.13. The molecule has 1 heterocycles. The molecule has 2 rings (SSSR count). The molecule has 0 spiro atoms. The molecular formula is C12H16BrClN2. The normalized spacial score (nSPS) is 21.2. The SMILES string of the molecule is CNC1CCCN(c2ccc(Br)c(Cl)c2)C1. The van der Waals surface area contributed by atoms with Gasteiger partial charge in [-0.15, -0.1) is 0 Å². The summed E-state index contributed by atoms with van der Waals surface area (Å²) in [4.78, 5) is 2.39. The third kappa shape index (κ3) is 2.70. The van der Waals surface area contributed by atoms with Gasteiger partial charge in [-0.05, 0) is 54.0 Å². The van der Waals surface area contributed by atoms with Gasteiger partial charge in [-0.2, -0.15) is 0 Å². The second-order valence-corrected chi connectivity index (χ2v) is 5.43. The first-order valence-corrected chi connectivity index (χ1v) is 6.75. The molecule has 1 aromatic rings. The van der Waals surface area contributed by atoms with E-state index in [-0.39, 0.29) is 0 Å². The summed E-state index contributed by atoms with van der Waals surface area (Å²) in [7, 11) is 2.03. The number of hydrogen-bond donors (Lipinski definition) is 1. The van der Waals surface area contributed by atoms with Crippen LogP contribution in [0.3, 0.4) is 0 Å². The zero-order chi connectivity index (χ0) is 11.5. The van der Waals surface area contributed by atoms with E-state index in [9.17, 15) is 0 Å². The maximum absolute atomic E-state index is 6.11. The first-order valence-electron chi connectivity index (χ1n) is 5.58. The van der Waals surface area contributed by atoms with Gasteiger partial charge in [0.25, 0.3) is 0 Å². The minimum atomic E-state index is 0.594. The standard InChI is InChI=1S/C12H16BrClN2/c1-15-9-3-2-6-16(8-9)10-4-5-11(13)12(14)7-10/h4-5,7,9,15H,2-3,6,8H2,1H3. The Morgan fingerprint density at radius 1 is 1.50 bits per heavy atom. The molecule has 0 amide bonds. The highest BCUT2D eigenvalue weighted by Crippen LogP contribution is 2.28. The molecule has 1 aliphatic heterocycles. The number of benzene rings is 1. The summed E-state index contributed by atoms with van der Waals surface area (Å²) in [5.74, 6) is 0. The van der Waals surface area contributed by atoms with Crippen LogP contribution in [0.4, 0.5) is 5.69 Å². The van der Waals surface area contributed by atoms with E-state index in [0.717, 1.165) is 22.6 Å². The van der Waals surface area contributed by atoms with Gasteiger partial charge in [0, 0.05) is 29.3 Å². The molecule has 16 heavy (non-hydrogen) atoms. The number of halogens is 2. The number of nitrogens with one attached hydrogen (secondary N) is 1. The molecule has 0 aliphatic carbocycles. The van der Waals surface area contributed by atoms with Gasteiger partial charge in [0.1, 0.15) is 0 Å². The summed E-state index contributed by atoms with van der Waals surface area (Å²) in [6.45, 7) is 2.19.